The minimum Gasteiger partial charge on any atom is -0.324 e. The fourth-order valence-corrected chi connectivity index (χ4v) is 6.25. The monoisotopic (exact) mass is 719 g/mol. The Morgan fingerprint density at radius 1 is 0.714 bits per heavy atom. The minimum atomic E-state index is -4.67. The number of hydrogen-bond donors (Lipinski definition) is 3. The van der Waals surface area contributed by atoms with Crippen LogP contribution in [0.4, 0.5) is 24.5 Å². The first kappa shape index (κ1) is 35.3. The van der Waals surface area contributed by atoms with Crippen molar-refractivity contribution in [2.75, 3.05) is 10.6 Å². The van der Waals surface area contributed by atoms with Gasteiger partial charge in [-0.25, -0.2) is 0 Å². The summed E-state index contributed by atoms with van der Waals surface area (Å²) in [6.45, 7) is 0. The third-order valence-corrected chi connectivity index (χ3v) is 8.90. The molecule has 5 aromatic rings. The van der Waals surface area contributed by atoms with Gasteiger partial charge in [0.05, 0.1) is 11.3 Å². The van der Waals surface area contributed by atoms with E-state index in [0.717, 1.165) is 17.8 Å². The van der Waals surface area contributed by atoms with E-state index in [1.54, 1.807) is 103 Å². The molecule has 49 heavy (non-hydrogen) atoms. The molecule has 1 atom stereocenters. The number of para-hydroxylation sites is 1. The highest BCUT2D eigenvalue weighted by Crippen LogP contribution is 2.39. The minimum absolute atomic E-state index is 0.147. The Morgan fingerprint density at radius 3 is 2.00 bits per heavy atom. The summed E-state index contributed by atoms with van der Waals surface area (Å²) in [6.07, 6.45) is -3.30. The maximum atomic E-state index is 13.7. The number of benzene rings is 5. The number of nitrogens with one attached hydrogen (secondary N) is 3. The van der Waals surface area contributed by atoms with Crippen molar-refractivity contribution in [2.24, 2.45) is 0 Å². The summed E-state index contributed by atoms with van der Waals surface area (Å²) < 4.78 is 41.0. The second-order valence-electron chi connectivity index (χ2n) is 10.4. The Labute approximate surface area is 294 Å². The van der Waals surface area contributed by atoms with Gasteiger partial charge in [-0.05, 0) is 66.2 Å². The van der Waals surface area contributed by atoms with Crippen molar-refractivity contribution >= 4 is 70.1 Å². The molecule has 0 spiro atoms. The van der Waals surface area contributed by atoms with Crippen molar-refractivity contribution in [3.63, 3.8) is 0 Å². The summed E-state index contributed by atoms with van der Waals surface area (Å²) >= 11 is 13.8. The molecule has 0 bridgehead atoms. The molecule has 6 nitrogen and oxygen atoms in total. The number of amides is 3. The van der Waals surface area contributed by atoms with Crippen LogP contribution in [0.15, 0.2) is 138 Å². The molecular formula is C37H26Cl2F3N3O3S. The predicted molar refractivity (Wildman–Crippen MR) is 189 cm³/mol. The fraction of sp³-hybridized carbons (Fsp3) is 0.0541. The number of alkyl halides is 3. The Morgan fingerprint density at radius 2 is 1.33 bits per heavy atom. The molecule has 0 saturated carbocycles. The lowest BCUT2D eigenvalue weighted by Gasteiger charge is -2.19. The van der Waals surface area contributed by atoms with E-state index in [1.165, 1.54) is 24.3 Å². The van der Waals surface area contributed by atoms with Crippen molar-refractivity contribution in [3.05, 3.63) is 165 Å². The zero-order valence-electron chi connectivity index (χ0n) is 25.3. The van der Waals surface area contributed by atoms with Crippen LogP contribution >= 0.6 is 35.0 Å². The van der Waals surface area contributed by atoms with Gasteiger partial charge in [0, 0.05) is 31.8 Å². The maximum Gasteiger partial charge on any atom is 0.418 e. The van der Waals surface area contributed by atoms with Gasteiger partial charge in [-0.3, -0.25) is 14.4 Å². The highest BCUT2D eigenvalue weighted by Gasteiger charge is 2.34. The number of rotatable bonds is 10. The van der Waals surface area contributed by atoms with Gasteiger partial charge in [-0.2, -0.15) is 13.2 Å². The van der Waals surface area contributed by atoms with Gasteiger partial charge in [-0.15, -0.1) is 11.8 Å². The molecule has 0 heterocycles. The van der Waals surface area contributed by atoms with Crippen molar-refractivity contribution < 1.29 is 27.6 Å². The predicted octanol–water partition coefficient (Wildman–Crippen LogP) is 9.89. The third-order valence-electron chi connectivity index (χ3n) is 6.99. The molecule has 0 radical (unpaired) electrons. The van der Waals surface area contributed by atoms with E-state index in [9.17, 15) is 27.6 Å². The van der Waals surface area contributed by atoms with E-state index in [0.29, 0.717) is 27.3 Å². The van der Waals surface area contributed by atoms with Gasteiger partial charge >= 0.3 is 6.18 Å². The van der Waals surface area contributed by atoms with Crippen LogP contribution in [0.5, 0.6) is 0 Å². The molecule has 0 aromatic heterocycles. The Bertz CT molecular complexity index is 1990. The summed E-state index contributed by atoms with van der Waals surface area (Å²) in [5.41, 5.74) is 0.0190. The molecule has 0 aliphatic heterocycles. The highest BCUT2D eigenvalue weighted by molar-refractivity contribution is 8.00. The number of halogens is 5. The van der Waals surface area contributed by atoms with Crippen molar-refractivity contribution in [2.45, 2.75) is 16.3 Å². The van der Waals surface area contributed by atoms with Gasteiger partial charge in [0.1, 0.15) is 10.9 Å². The molecule has 12 heteroatoms. The van der Waals surface area contributed by atoms with Crippen LogP contribution in [-0.4, -0.2) is 17.7 Å². The van der Waals surface area contributed by atoms with Crippen LogP contribution < -0.4 is 16.0 Å². The quantitative estimate of drug-likeness (QED) is 0.0991. The lowest BCUT2D eigenvalue weighted by molar-refractivity contribution is -0.137. The van der Waals surface area contributed by atoms with Crippen molar-refractivity contribution in [1.82, 2.24) is 5.32 Å². The number of thioether (sulfide) groups is 1. The van der Waals surface area contributed by atoms with Gasteiger partial charge in [0.25, 0.3) is 11.8 Å². The molecule has 0 aliphatic carbocycles. The van der Waals surface area contributed by atoms with Crippen LogP contribution in [0, 0.1) is 0 Å². The van der Waals surface area contributed by atoms with Crippen molar-refractivity contribution in [1.29, 1.82) is 0 Å². The summed E-state index contributed by atoms with van der Waals surface area (Å²) in [7, 11) is 0. The van der Waals surface area contributed by atoms with E-state index in [1.807, 2.05) is 0 Å². The molecule has 3 amide bonds. The summed E-state index contributed by atoms with van der Waals surface area (Å²) in [5, 5.41) is 7.39. The van der Waals surface area contributed by atoms with Crippen LogP contribution in [0.1, 0.15) is 32.3 Å². The summed E-state index contributed by atoms with van der Waals surface area (Å²) in [6, 6.07) is 33.1. The summed E-state index contributed by atoms with van der Waals surface area (Å²) in [4.78, 5) is 40.8. The fourth-order valence-electron chi connectivity index (χ4n) is 4.66. The second kappa shape index (κ2) is 15.9. The molecule has 1 unspecified atom stereocenters. The van der Waals surface area contributed by atoms with E-state index in [-0.39, 0.29) is 21.4 Å². The molecule has 0 aliphatic rings. The van der Waals surface area contributed by atoms with E-state index < -0.39 is 34.7 Å². The molecular weight excluding hydrogens is 694 g/mol. The average molecular weight is 721 g/mol. The van der Waals surface area contributed by atoms with Gasteiger partial charge in [-0.1, -0.05) is 96.0 Å². The van der Waals surface area contributed by atoms with Gasteiger partial charge < -0.3 is 16.0 Å². The largest absolute Gasteiger partial charge is 0.418 e. The van der Waals surface area contributed by atoms with E-state index in [2.05, 4.69) is 16.0 Å². The third kappa shape index (κ3) is 9.32. The smallest absolute Gasteiger partial charge is 0.324 e. The molecule has 5 aromatic carbocycles. The topological polar surface area (TPSA) is 87.3 Å². The summed E-state index contributed by atoms with van der Waals surface area (Å²) in [5.74, 6) is -1.91. The Balaban J connectivity index is 1.41. The molecule has 5 rings (SSSR count). The van der Waals surface area contributed by atoms with E-state index in [4.69, 9.17) is 23.2 Å². The Hall–Kier alpha value is -5.03. The first-order chi connectivity index (χ1) is 23.5. The Kier molecular flexibility index (Phi) is 11.5. The number of anilines is 2. The molecule has 248 valence electrons. The van der Waals surface area contributed by atoms with E-state index >= 15 is 0 Å². The first-order valence-electron chi connectivity index (χ1n) is 14.6. The van der Waals surface area contributed by atoms with Crippen LogP contribution in [0.25, 0.3) is 6.08 Å². The van der Waals surface area contributed by atoms with Gasteiger partial charge in [0.2, 0.25) is 5.91 Å². The molecule has 3 N–H and O–H groups in total. The van der Waals surface area contributed by atoms with Crippen LogP contribution in [-0.2, 0) is 15.8 Å². The zero-order chi connectivity index (χ0) is 35.0. The normalized spacial score (nSPS) is 12.1. The van der Waals surface area contributed by atoms with Crippen LogP contribution in [0.2, 0.25) is 10.0 Å². The molecule has 0 fully saturated rings. The van der Waals surface area contributed by atoms with Gasteiger partial charge in [0.15, 0.2) is 0 Å². The number of carbonyl (C=O) groups excluding carboxylic acids is 3. The zero-order valence-corrected chi connectivity index (χ0v) is 27.6. The standard InChI is InChI=1S/C37H26Cl2F3N3O3S/c38-29-18-10-19-30(39)27(29)22-32(45-34(46)24-13-5-2-6-14-24)35(47)43-25-15-9-16-26(21-25)49-33(23-11-3-1-4-12-23)36(48)44-31-20-8-7-17-28(31)37(40,41)42/h1-22,33H,(H,43,47)(H,44,48)(H,45,46)/b32-22+. The lowest BCUT2D eigenvalue weighted by atomic mass is 10.1. The maximum absolute atomic E-state index is 13.7. The van der Waals surface area contributed by atoms with Crippen molar-refractivity contribution in [3.8, 4) is 0 Å². The average Bonchev–Trinajstić information content (AvgIpc) is 3.09. The molecule has 0 saturated heterocycles. The lowest BCUT2D eigenvalue weighted by Crippen LogP contribution is -2.30. The second-order valence-corrected chi connectivity index (χ2v) is 12.4. The first-order valence-corrected chi connectivity index (χ1v) is 16.3. The number of hydrogen-bond acceptors (Lipinski definition) is 4. The SMILES string of the molecule is O=C(Nc1cccc(SC(C(=O)Nc2ccccc2C(F)(F)F)c2ccccc2)c1)/C(=C\c1c(Cl)cccc1Cl)NC(=O)c1ccccc1. The number of carbonyl (C=O) groups is 3. The van der Waals surface area contributed by atoms with Crippen LogP contribution in [0.3, 0.4) is 0 Å². The highest BCUT2D eigenvalue weighted by atomic mass is 35.5.